The SMILES string of the molecule is CCCCCCCCc1ccccc1C(=O)N[C@@H](CCS(=O)(=O)O)C(=O)O. The van der Waals surface area contributed by atoms with Gasteiger partial charge in [0.25, 0.3) is 16.0 Å². The van der Waals surface area contributed by atoms with Gasteiger partial charge in [-0.05, 0) is 30.9 Å². The van der Waals surface area contributed by atoms with Gasteiger partial charge in [-0.3, -0.25) is 9.35 Å². The van der Waals surface area contributed by atoms with Crippen LogP contribution in [0.3, 0.4) is 0 Å². The normalized spacial score (nSPS) is 12.5. The number of aryl methyl sites for hydroxylation is 1. The maximum atomic E-state index is 12.5. The van der Waals surface area contributed by atoms with Gasteiger partial charge in [0.15, 0.2) is 0 Å². The monoisotopic (exact) mass is 399 g/mol. The highest BCUT2D eigenvalue weighted by Gasteiger charge is 2.23. The van der Waals surface area contributed by atoms with E-state index < -0.39 is 40.2 Å². The highest BCUT2D eigenvalue weighted by molar-refractivity contribution is 7.85. The minimum Gasteiger partial charge on any atom is -0.480 e. The highest BCUT2D eigenvalue weighted by atomic mass is 32.2. The van der Waals surface area contributed by atoms with E-state index in [4.69, 9.17) is 4.55 Å². The summed E-state index contributed by atoms with van der Waals surface area (Å²) >= 11 is 0. The molecular weight excluding hydrogens is 370 g/mol. The smallest absolute Gasteiger partial charge is 0.326 e. The number of unbranched alkanes of at least 4 members (excludes halogenated alkanes) is 5. The fourth-order valence-electron chi connectivity index (χ4n) is 2.82. The Morgan fingerprint density at radius 1 is 1.07 bits per heavy atom. The summed E-state index contributed by atoms with van der Waals surface area (Å²) < 4.78 is 30.4. The Balaban J connectivity index is 2.68. The van der Waals surface area contributed by atoms with E-state index in [1.807, 2.05) is 12.1 Å². The van der Waals surface area contributed by atoms with Crippen LogP contribution in [0.5, 0.6) is 0 Å². The zero-order chi connectivity index (χ0) is 20.3. The van der Waals surface area contributed by atoms with Gasteiger partial charge in [-0.15, -0.1) is 0 Å². The molecule has 1 aromatic rings. The molecule has 0 aromatic heterocycles. The second-order valence-electron chi connectivity index (χ2n) is 6.61. The van der Waals surface area contributed by atoms with Gasteiger partial charge in [-0.1, -0.05) is 57.2 Å². The van der Waals surface area contributed by atoms with Crippen LogP contribution < -0.4 is 5.32 Å². The van der Waals surface area contributed by atoms with Crippen molar-refractivity contribution in [2.75, 3.05) is 5.75 Å². The quantitative estimate of drug-likeness (QED) is 0.346. The molecule has 7 nitrogen and oxygen atoms in total. The molecule has 152 valence electrons. The van der Waals surface area contributed by atoms with Crippen LogP contribution in [0.25, 0.3) is 0 Å². The van der Waals surface area contributed by atoms with Gasteiger partial charge in [0.2, 0.25) is 0 Å². The zero-order valence-electron chi connectivity index (χ0n) is 15.7. The second kappa shape index (κ2) is 11.7. The largest absolute Gasteiger partial charge is 0.480 e. The van der Waals surface area contributed by atoms with Crippen molar-refractivity contribution in [1.29, 1.82) is 0 Å². The van der Waals surface area contributed by atoms with Crippen molar-refractivity contribution < 1.29 is 27.7 Å². The van der Waals surface area contributed by atoms with Crippen LogP contribution in [0, 0.1) is 0 Å². The van der Waals surface area contributed by atoms with E-state index in [1.165, 1.54) is 19.3 Å². The molecule has 0 saturated heterocycles. The fraction of sp³-hybridized carbons (Fsp3) is 0.579. The molecule has 1 aromatic carbocycles. The number of amides is 1. The van der Waals surface area contributed by atoms with Crippen molar-refractivity contribution in [3.05, 3.63) is 35.4 Å². The van der Waals surface area contributed by atoms with E-state index in [9.17, 15) is 23.1 Å². The van der Waals surface area contributed by atoms with E-state index in [1.54, 1.807) is 12.1 Å². The Bertz CT molecular complexity index is 717. The van der Waals surface area contributed by atoms with Crippen molar-refractivity contribution >= 4 is 22.0 Å². The van der Waals surface area contributed by atoms with Gasteiger partial charge in [0, 0.05) is 5.56 Å². The van der Waals surface area contributed by atoms with Crippen LogP contribution in [0.15, 0.2) is 24.3 Å². The van der Waals surface area contributed by atoms with E-state index >= 15 is 0 Å². The van der Waals surface area contributed by atoms with Crippen molar-refractivity contribution in [2.45, 2.75) is 64.3 Å². The number of carbonyl (C=O) groups is 2. The Kier molecular flexibility index (Phi) is 10.0. The van der Waals surface area contributed by atoms with Crippen LogP contribution in [-0.2, 0) is 21.3 Å². The van der Waals surface area contributed by atoms with Gasteiger partial charge in [0.1, 0.15) is 6.04 Å². The zero-order valence-corrected chi connectivity index (χ0v) is 16.5. The molecule has 0 aliphatic carbocycles. The van der Waals surface area contributed by atoms with Gasteiger partial charge >= 0.3 is 5.97 Å². The number of carboxylic acid groups (broad SMARTS) is 1. The molecule has 0 radical (unpaired) electrons. The second-order valence-corrected chi connectivity index (χ2v) is 8.19. The van der Waals surface area contributed by atoms with Gasteiger partial charge in [-0.2, -0.15) is 8.42 Å². The third-order valence-corrected chi connectivity index (χ3v) is 5.08. The lowest BCUT2D eigenvalue weighted by Gasteiger charge is -2.15. The maximum Gasteiger partial charge on any atom is 0.326 e. The average molecular weight is 400 g/mol. The Hall–Kier alpha value is -1.93. The maximum absolute atomic E-state index is 12.5. The van der Waals surface area contributed by atoms with E-state index in [0.717, 1.165) is 31.2 Å². The predicted octanol–water partition coefficient (Wildman–Crippen LogP) is 3.05. The van der Waals surface area contributed by atoms with Crippen LogP contribution >= 0.6 is 0 Å². The number of nitrogens with one attached hydrogen (secondary N) is 1. The summed E-state index contributed by atoms with van der Waals surface area (Å²) in [5.41, 5.74) is 1.23. The highest BCUT2D eigenvalue weighted by Crippen LogP contribution is 2.15. The van der Waals surface area contributed by atoms with Crippen LogP contribution in [0.4, 0.5) is 0 Å². The molecule has 0 spiro atoms. The van der Waals surface area contributed by atoms with Crippen molar-refractivity contribution in [1.82, 2.24) is 5.32 Å². The van der Waals surface area contributed by atoms with Crippen LogP contribution in [0.1, 0.15) is 67.8 Å². The number of hydrogen-bond donors (Lipinski definition) is 3. The third-order valence-electron chi connectivity index (χ3n) is 4.33. The molecule has 1 amide bonds. The van der Waals surface area contributed by atoms with E-state index in [2.05, 4.69) is 12.2 Å². The van der Waals surface area contributed by atoms with Crippen molar-refractivity contribution in [3.63, 3.8) is 0 Å². The molecular formula is C19H29NO6S. The number of carboxylic acids is 1. The van der Waals surface area contributed by atoms with Gasteiger partial charge < -0.3 is 10.4 Å². The summed E-state index contributed by atoms with van der Waals surface area (Å²) in [4.78, 5) is 23.8. The Morgan fingerprint density at radius 2 is 1.70 bits per heavy atom. The summed E-state index contributed by atoms with van der Waals surface area (Å²) in [6.45, 7) is 2.16. The predicted molar refractivity (Wildman–Crippen MR) is 103 cm³/mol. The molecule has 0 bridgehead atoms. The van der Waals surface area contributed by atoms with Crippen LogP contribution in [-0.4, -0.2) is 41.7 Å². The molecule has 1 atom stereocenters. The molecule has 0 fully saturated rings. The number of carbonyl (C=O) groups excluding carboxylic acids is 1. The van der Waals surface area contributed by atoms with E-state index in [0.29, 0.717) is 5.56 Å². The number of rotatable bonds is 13. The number of hydrogen-bond acceptors (Lipinski definition) is 4. The first-order valence-electron chi connectivity index (χ1n) is 9.31. The Labute approximate surface area is 160 Å². The van der Waals surface area contributed by atoms with Crippen molar-refractivity contribution in [2.24, 2.45) is 0 Å². The minimum absolute atomic E-state index is 0.393. The summed E-state index contributed by atoms with van der Waals surface area (Å²) in [6.07, 6.45) is 7.09. The number of aliphatic carboxylic acids is 1. The lowest BCUT2D eigenvalue weighted by Crippen LogP contribution is -2.42. The molecule has 0 saturated carbocycles. The summed E-state index contributed by atoms with van der Waals surface area (Å²) in [6, 6.07) is 5.61. The molecule has 1 rings (SSSR count). The lowest BCUT2D eigenvalue weighted by atomic mass is 9.99. The minimum atomic E-state index is -4.30. The van der Waals surface area contributed by atoms with Crippen LogP contribution in [0.2, 0.25) is 0 Å². The molecule has 8 heteroatoms. The number of benzene rings is 1. The lowest BCUT2D eigenvalue weighted by molar-refractivity contribution is -0.139. The molecule has 0 aliphatic rings. The fourth-order valence-corrected chi connectivity index (χ4v) is 3.35. The first-order valence-corrected chi connectivity index (χ1v) is 10.9. The molecule has 0 aliphatic heterocycles. The van der Waals surface area contributed by atoms with Gasteiger partial charge in [-0.25, -0.2) is 4.79 Å². The standard InChI is InChI=1S/C19H29NO6S/c1-2-3-4-5-6-7-10-15-11-8-9-12-16(15)18(21)20-17(19(22)23)13-14-27(24,25)26/h8-9,11-12,17H,2-7,10,13-14H2,1H3,(H,20,21)(H,22,23)(H,24,25,26)/t17-/m0/s1. The van der Waals surface area contributed by atoms with E-state index in [-0.39, 0.29) is 0 Å². The first kappa shape index (κ1) is 23.1. The molecule has 27 heavy (non-hydrogen) atoms. The summed E-state index contributed by atoms with van der Waals surface area (Å²) in [5.74, 6) is -2.64. The third kappa shape index (κ3) is 9.53. The summed E-state index contributed by atoms with van der Waals surface area (Å²) in [7, 11) is -4.30. The molecule has 3 N–H and O–H groups in total. The summed E-state index contributed by atoms with van der Waals surface area (Å²) in [5, 5.41) is 11.5. The molecule has 0 heterocycles. The molecule has 0 unspecified atom stereocenters. The first-order chi connectivity index (χ1) is 12.7. The Morgan fingerprint density at radius 3 is 2.33 bits per heavy atom. The topological polar surface area (TPSA) is 121 Å². The van der Waals surface area contributed by atoms with Gasteiger partial charge in [0.05, 0.1) is 5.75 Å². The average Bonchev–Trinajstić information content (AvgIpc) is 2.60. The van der Waals surface area contributed by atoms with Crippen molar-refractivity contribution in [3.8, 4) is 0 Å².